The number of carbonyl (C=O) groups excluding carboxylic acids is 1. The number of benzene rings is 3. The van der Waals surface area contributed by atoms with Crippen molar-refractivity contribution < 1.29 is 9.53 Å². The third kappa shape index (κ3) is 4.20. The van der Waals surface area contributed by atoms with Crippen LogP contribution in [0.2, 0.25) is 0 Å². The van der Waals surface area contributed by atoms with Gasteiger partial charge < -0.3 is 10.1 Å². The summed E-state index contributed by atoms with van der Waals surface area (Å²) in [5, 5.41) is 7.49. The van der Waals surface area contributed by atoms with Crippen LogP contribution in [0.4, 0.5) is 5.69 Å². The summed E-state index contributed by atoms with van der Waals surface area (Å²) in [5.74, 6) is 0.578. The van der Waals surface area contributed by atoms with Crippen LogP contribution in [-0.4, -0.2) is 18.2 Å². The number of nitrogens with one attached hydrogen (secondary N) is 2. The van der Waals surface area contributed by atoms with Gasteiger partial charge in [0.2, 0.25) is 0 Å². The second-order valence-corrected chi connectivity index (χ2v) is 6.53. The normalized spacial score (nSPS) is 16.7. The molecule has 1 atom stereocenters. The van der Waals surface area contributed by atoms with Crippen LogP contribution in [-0.2, 0) is 4.79 Å². The van der Waals surface area contributed by atoms with Gasteiger partial charge >= 0.3 is 0 Å². The number of para-hydroxylation sites is 2. The van der Waals surface area contributed by atoms with Gasteiger partial charge in [0.1, 0.15) is 11.9 Å². The highest BCUT2D eigenvalue weighted by Gasteiger charge is 2.26. The van der Waals surface area contributed by atoms with Crippen LogP contribution < -0.4 is 15.5 Å². The van der Waals surface area contributed by atoms with Crippen LogP contribution >= 0.6 is 0 Å². The Labute approximate surface area is 164 Å². The lowest BCUT2D eigenvalue weighted by atomic mass is 9.96. The van der Waals surface area contributed by atoms with Gasteiger partial charge in [0.05, 0.1) is 12.3 Å². The highest BCUT2D eigenvalue weighted by molar-refractivity contribution is 6.04. The fourth-order valence-electron chi connectivity index (χ4n) is 3.16. The van der Waals surface area contributed by atoms with E-state index in [1.807, 2.05) is 84.9 Å². The minimum absolute atomic E-state index is 0.130. The van der Waals surface area contributed by atoms with Gasteiger partial charge in [-0.25, -0.2) is 5.43 Å². The number of hydrazone groups is 1. The molecule has 0 spiro atoms. The third-order valence-electron chi connectivity index (χ3n) is 4.56. The molecule has 1 unspecified atom stereocenters. The fourth-order valence-corrected chi connectivity index (χ4v) is 3.16. The zero-order chi connectivity index (χ0) is 19.2. The standard InChI is InChI=1S/C23H21N3O2/c27-23(16-24-18-11-5-2-6-12-18)26-25-20-15-22(17-9-3-1-4-10-17)28-21-14-8-7-13-19(20)21/h1-14,22,24H,15-16H2,(H,26,27)/b25-20-. The average Bonchev–Trinajstić information content (AvgIpc) is 2.77. The fraction of sp³-hybridized carbons (Fsp3) is 0.130. The Bertz CT molecular complexity index is 971. The first kappa shape index (κ1) is 17.8. The number of hydrogen-bond acceptors (Lipinski definition) is 4. The molecule has 5 nitrogen and oxygen atoms in total. The molecular weight excluding hydrogens is 350 g/mol. The minimum Gasteiger partial charge on any atom is -0.485 e. The van der Waals surface area contributed by atoms with Crippen molar-refractivity contribution >= 4 is 17.3 Å². The molecule has 5 heteroatoms. The molecule has 1 amide bonds. The molecule has 0 saturated carbocycles. The van der Waals surface area contributed by atoms with Gasteiger partial charge in [-0.1, -0.05) is 60.7 Å². The summed E-state index contributed by atoms with van der Waals surface area (Å²) in [6, 6.07) is 27.4. The predicted molar refractivity (Wildman–Crippen MR) is 110 cm³/mol. The first-order valence-corrected chi connectivity index (χ1v) is 9.25. The summed E-state index contributed by atoms with van der Waals surface area (Å²) < 4.78 is 6.15. The van der Waals surface area contributed by atoms with Crippen LogP contribution in [0.25, 0.3) is 0 Å². The molecule has 2 N–H and O–H groups in total. The summed E-state index contributed by atoms with van der Waals surface area (Å²) in [6.45, 7) is 0.154. The van der Waals surface area contributed by atoms with E-state index in [4.69, 9.17) is 4.74 Å². The van der Waals surface area contributed by atoms with Gasteiger partial charge in [0.25, 0.3) is 5.91 Å². The predicted octanol–water partition coefficient (Wildman–Crippen LogP) is 4.14. The number of anilines is 1. The van der Waals surface area contributed by atoms with E-state index >= 15 is 0 Å². The van der Waals surface area contributed by atoms with E-state index in [9.17, 15) is 4.79 Å². The Hall–Kier alpha value is -3.60. The second-order valence-electron chi connectivity index (χ2n) is 6.53. The summed E-state index contributed by atoms with van der Waals surface area (Å²) in [6.07, 6.45) is 0.460. The van der Waals surface area contributed by atoms with Gasteiger partial charge in [-0.15, -0.1) is 0 Å². The van der Waals surface area contributed by atoms with Gasteiger partial charge in [0.15, 0.2) is 0 Å². The van der Waals surface area contributed by atoms with E-state index in [1.54, 1.807) is 0 Å². The van der Waals surface area contributed by atoms with Crippen LogP contribution in [0.5, 0.6) is 5.75 Å². The van der Waals surface area contributed by atoms with Crippen molar-refractivity contribution in [1.82, 2.24) is 5.43 Å². The molecule has 28 heavy (non-hydrogen) atoms. The number of nitrogens with zero attached hydrogens (tertiary/aromatic N) is 1. The number of hydrogen-bond donors (Lipinski definition) is 2. The number of ether oxygens (including phenoxy) is 1. The molecule has 1 heterocycles. The smallest absolute Gasteiger partial charge is 0.259 e. The molecule has 3 aromatic carbocycles. The van der Waals surface area contributed by atoms with Crippen molar-refractivity contribution in [1.29, 1.82) is 0 Å². The molecule has 0 aliphatic carbocycles. The highest BCUT2D eigenvalue weighted by Crippen LogP contribution is 2.34. The SMILES string of the molecule is O=C(CNc1ccccc1)N/N=C1/CC(c2ccccc2)Oc2ccccc21. The molecule has 0 radical (unpaired) electrons. The first-order chi connectivity index (χ1) is 13.8. The van der Waals surface area contributed by atoms with E-state index in [1.165, 1.54) is 0 Å². The molecule has 1 aliphatic heterocycles. The van der Waals surface area contributed by atoms with Crippen LogP contribution in [0.1, 0.15) is 23.7 Å². The number of fused-ring (bicyclic) bond motifs is 1. The average molecular weight is 371 g/mol. The number of amides is 1. The lowest BCUT2D eigenvalue weighted by Gasteiger charge is -2.27. The molecule has 140 valence electrons. The molecule has 1 aliphatic rings. The lowest BCUT2D eigenvalue weighted by Crippen LogP contribution is -2.29. The van der Waals surface area contributed by atoms with E-state index in [0.717, 1.165) is 28.3 Å². The lowest BCUT2D eigenvalue weighted by molar-refractivity contribution is -0.119. The molecule has 3 aromatic rings. The molecule has 0 bridgehead atoms. The van der Waals surface area contributed by atoms with Crippen LogP contribution in [0.15, 0.2) is 90.0 Å². The summed E-state index contributed by atoms with van der Waals surface area (Å²) in [4.78, 5) is 12.2. The number of carbonyl (C=O) groups is 1. The van der Waals surface area contributed by atoms with Crippen LogP contribution in [0.3, 0.4) is 0 Å². The van der Waals surface area contributed by atoms with E-state index in [2.05, 4.69) is 15.8 Å². The first-order valence-electron chi connectivity index (χ1n) is 9.25. The Kier molecular flexibility index (Phi) is 5.33. The summed E-state index contributed by atoms with van der Waals surface area (Å²) in [5.41, 5.74) is 6.36. The molecular formula is C23H21N3O2. The van der Waals surface area contributed by atoms with E-state index in [-0.39, 0.29) is 18.6 Å². The highest BCUT2D eigenvalue weighted by atomic mass is 16.5. The summed E-state index contributed by atoms with van der Waals surface area (Å²) >= 11 is 0. The minimum atomic E-state index is -0.198. The molecule has 0 fully saturated rings. The maximum Gasteiger partial charge on any atom is 0.259 e. The van der Waals surface area contributed by atoms with E-state index in [0.29, 0.717) is 6.42 Å². The maximum atomic E-state index is 12.2. The Morgan fingerprint density at radius 3 is 2.39 bits per heavy atom. The van der Waals surface area contributed by atoms with Crippen LogP contribution in [0, 0.1) is 0 Å². The van der Waals surface area contributed by atoms with Crippen molar-refractivity contribution in [2.45, 2.75) is 12.5 Å². The van der Waals surface area contributed by atoms with Gasteiger partial charge in [-0.2, -0.15) is 5.10 Å². The molecule has 0 aromatic heterocycles. The largest absolute Gasteiger partial charge is 0.485 e. The second kappa shape index (κ2) is 8.39. The van der Waals surface area contributed by atoms with E-state index < -0.39 is 0 Å². The maximum absolute atomic E-state index is 12.2. The van der Waals surface area contributed by atoms with Gasteiger partial charge in [0, 0.05) is 17.7 Å². The monoisotopic (exact) mass is 371 g/mol. The molecule has 0 saturated heterocycles. The Morgan fingerprint density at radius 2 is 1.61 bits per heavy atom. The van der Waals surface area contributed by atoms with Gasteiger partial charge in [-0.3, -0.25) is 4.79 Å². The topological polar surface area (TPSA) is 62.7 Å². The quantitative estimate of drug-likeness (QED) is 0.663. The zero-order valence-corrected chi connectivity index (χ0v) is 15.3. The van der Waals surface area contributed by atoms with Crippen molar-refractivity contribution in [3.63, 3.8) is 0 Å². The van der Waals surface area contributed by atoms with Crippen molar-refractivity contribution in [3.8, 4) is 5.75 Å². The van der Waals surface area contributed by atoms with Crippen molar-refractivity contribution in [2.24, 2.45) is 5.10 Å². The Morgan fingerprint density at radius 1 is 0.929 bits per heavy atom. The van der Waals surface area contributed by atoms with Crippen molar-refractivity contribution in [3.05, 3.63) is 96.1 Å². The van der Waals surface area contributed by atoms with Gasteiger partial charge in [-0.05, 0) is 29.8 Å². The third-order valence-corrected chi connectivity index (χ3v) is 4.56. The number of rotatable bonds is 5. The Balaban J connectivity index is 1.48. The molecule has 4 rings (SSSR count). The zero-order valence-electron chi connectivity index (χ0n) is 15.3. The summed E-state index contributed by atoms with van der Waals surface area (Å²) in [7, 11) is 0. The van der Waals surface area contributed by atoms with Crippen molar-refractivity contribution in [2.75, 3.05) is 11.9 Å².